The third-order valence-electron chi connectivity index (χ3n) is 0.732. The van der Waals surface area contributed by atoms with E-state index < -0.39 is 5.97 Å². The fourth-order valence-electron chi connectivity index (χ4n) is 0.400. The molecule has 1 heterocycles. The highest BCUT2D eigenvalue weighted by Gasteiger charge is 2.01. The molecule has 1 atom stereocenters. The predicted octanol–water partition coefficient (Wildman–Crippen LogP) is 1.04. The van der Waals surface area contributed by atoms with Crippen molar-refractivity contribution in [2.24, 2.45) is 0 Å². The van der Waals surface area contributed by atoms with E-state index in [0.717, 1.165) is 0 Å². The van der Waals surface area contributed by atoms with Crippen LogP contribution in [-0.4, -0.2) is 11.1 Å². The first-order valence-corrected chi connectivity index (χ1v) is 2.07. The molecular formula is C5H7O3P. The van der Waals surface area contributed by atoms with Gasteiger partial charge < -0.3 is 9.52 Å². The zero-order valence-corrected chi connectivity index (χ0v) is 6.12. The molecule has 0 amide bonds. The third-order valence-corrected chi connectivity index (χ3v) is 0.732. The van der Waals surface area contributed by atoms with Crippen molar-refractivity contribution in [3.05, 3.63) is 24.2 Å². The van der Waals surface area contributed by atoms with Crippen molar-refractivity contribution in [3.8, 4) is 0 Å². The number of aromatic carboxylic acids is 1. The Balaban J connectivity index is 0.000000640. The Morgan fingerprint density at radius 3 is 2.56 bits per heavy atom. The Kier molecular flexibility index (Phi) is 2.96. The van der Waals surface area contributed by atoms with Gasteiger partial charge in [0.05, 0.1) is 6.26 Å². The Morgan fingerprint density at radius 2 is 2.33 bits per heavy atom. The fraction of sp³-hybridized carbons (Fsp3) is 0. The van der Waals surface area contributed by atoms with E-state index in [1.165, 1.54) is 18.4 Å². The van der Waals surface area contributed by atoms with Crippen molar-refractivity contribution < 1.29 is 14.3 Å². The van der Waals surface area contributed by atoms with Gasteiger partial charge in [-0.15, -0.1) is 0 Å². The molecule has 0 saturated heterocycles. The molecule has 0 spiro atoms. The van der Waals surface area contributed by atoms with Crippen LogP contribution in [0.25, 0.3) is 0 Å². The maximum Gasteiger partial charge on any atom is 0.371 e. The van der Waals surface area contributed by atoms with Gasteiger partial charge in [0.2, 0.25) is 5.76 Å². The minimum atomic E-state index is -1.03. The lowest BCUT2D eigenvalue weighted by molar-refractivity contribution is 0.0662. The molecule has 0 radical (unpaired) electrons. The van der Waals surface area contributed by atoms with Gasteiger partial charge in [-0.3, -0.25) is 0 Å². The van der Waals surface area contributed by atoms with E-state index in [4.69, 9.17) is 5.11 Å². The summed E-state index contributed by atoms with van der Waals surface area (Å²) in [6.45, 7) is 0. The number of carbonyl (C=O) groups is 1. The number of carboxylic acids is 1. The summed E-state index contributed by atoms with van der Waals surface area (Å²) in [5.74, 6) is -1.06. The number of rotatable bonds is 1. The van der Waals surface area contributed by atoms with Gasteiger partial charge in [0.25, 0.3) is 0 Å². The first kappa shape index (κ1) is 8.18. The van der Waals surface area contributed by atoms with Crippen molar-refractivity contribution >= 4 is 15.9 Å². The van der Waals surface area contributed by atoms with Crippen molar-refractivity contribution in [3.63, 3.8) is 0 Å². The van der Waals surface area contributed by atoms with Gasteiger partial charge in [-0.25, -0.2) is 4.79 Å². The minimum absolute atomic E-state index is 0. The van der Waals surface area contributed by atoms with Gasteiger partial charge in [0, 0.05) is 0 Å². The second kappa shape index (κ2) is 3.25. The van der Waals surface area contributed by atoms with Crippen molar-refractivity contribution in [1.29, 1.82) is 0 Å². The average Bonchev–Trinajstić information content (AvgIpc) is 2.12. The predicted molar refractivity (Wildman–Crippen MR) is 36.8 cm³/mol. The monoisotopic (exact) mass is 146 g/mol. The summed E-state index contributed by atoms with van der Waals surface area (Å²) in [7, 11) is 0. The Labute approximate surface area is 55.3 Å². The summed E-state index contributed by atoms with van der Waals surface area (Å²) in [6.07, 6.45) is 1.32. The van der Waals surface area contributed by atoms with Crippen LogP contribution >= 0.6 is 9.90 Å². The summed E-state index contributed by atoms with van der Waals surface area (Å²) in [4.78, 5) is 9.97. The standard InChI is InChI=1S/C5H4O3.H3P/c6-5(7)4-2-1-3-8-4;/h1-3H,(H,6,7);1H3. The topological polar surface area (TPSA) is 50.4 Å². The lowest BCUT2D eigenvalue weighted by Crippen LogP contribution is -1.90. The third kappa shape index (κ3) is 1.86. The average molecular weight is 146 g/mol. The van der Waals surface area contributed by atoms with E-state index >= 15 is 0 Å². The second-order valence-corrected chi connectivity index (χ2v) is 1.28. The largest absolute Gasteiger partial charge is 0.475 e. The highest BCUT2D eigenvalue weighted by Crippen LogP contribution is 1.97. The van der Waals surface area contributed by atoms with Crippen LogP contribution in [-0.2, 0) is 0 Å². The molecule has 1 aromatic rings. The van der Waals surface area contributed by atoms with Gasteiger partial charge in [0.1, 0.15) is 0 Å². The van der Waals surface area contributed by atoms with Gasteiger partial charge in [-0.2, -0.15) is 9.90 Å². The molecule has 0 aliphatic carbocycles. The number of furan rings is 1. The summed E-state index contributed by atoms with van der Waals surface area (Å²) in [6, 6.07) is 2.92. The summed E-state index contributed by atoms with van der Waals surface area (Å²) in [5.41, 5.74) is 0. The van der Waals surface area contributed by atoms with Gasteiger partial charge in [0.15, 0.2) is 0 Å². The second-order valence-electron chi connectivity index (χ2n) is 1.28. The summed E-state index contributed by atoms with van der Waals surface area (Å²) < 4.78 is 4.50. The van der Waals surface area contributed by atoms with E-state index in [0.29, 0.717) is 0 Å². The van der Waals surface area contributed by atoms with Crippen LogP contribution in [0.5, 0.6) is 0 Å². The lowest BCUT2D eigenvalue weighted by Gasteiger charge is -1.79. The molecule has 1 aromatic heterocycles. The first-order chi connectivity index (χ1) is 3.80. The highest BCUT2D eigenvalue weighted by atomic mass is 31.0. The Hall–Kier alpha value is -0.820. The molecule has 1 N–H and O–H groups in total. The Morgan fingerprint density at radius 1 is 1.67 bits per heavy atom. The molecule has 0 bridgehead atoms. The minimum Gasteiger partial charge on any atom is -0.475 e. The smallest absolute Gasteiger partial charge is 0.371 e. The molecule has 0 aromatic carbocycles. The van der Waals surface area contributed by atoms with Crippen LogP contribution in [0.2, 0.25) is 0 Å². The molecule has 50 valence electrons. The highest BCUT2D eigenvalue weighted by molar-refractivity contribution is 6.92. The van der Waals surface area contributed by atoms with Crippen LogP contribution < -0.4 is 0 Å². The SMILES string of the molecule is O=C(O)c1ccco1.P. The molecule has 1 rings (SSSR count). The van der Waals surface area contributed by atoms with Crippen molar-refractivity contribution in [1.82, 2.24) is 0 Å². The van der Waals surface area contributed by atoms with Gasteiger partial charge >= 0.3 is 5.97 Å². The summed E-state index contributed by atoms with van der Waals surface area (Å²) >= 11 is 0. The maximum absolute atomic E-state index is 9.97. The van der Waals surface area contributed by atoms with Crippen molar-refractivity contribution in [2.75, 3.05) is 0 Å². The Bertz CT molecular complexity index is 180. The van der Waals surface area contributed by atoms with Crippen LogP contribution in [0, 0.1) is 0 Å². The zero-order chi connectivity index (χ0) is 5.98. The van der Waals surface area contributed by atoms with E-state index in [9.17, 15) is 4.79 Å². The first-order valence-electron chi connectivity index (χ1n) is 2.07. The fourth-order valence-corrected chi connectivity index (χ4v) is 0.400. The van der Waals surface area contributed by atoms with Crippen LogP contribution in [0.1, 0.15) is 10.6 Å². The molecule has 1 unspecified atom stereocenters. The molecule has 0 fully saturated rings. The van der Waals surface area contributed by atoms with Gasteiger partial charge in [-0.1, -0.05) is 0 Å². The molecular weight excluding hydrogens is 139 g/mol. The zero-order valence-electron chi connectivity index (χ0n) is 4.70. The van der Waals surface area contributed by atoms with Crippen LogP contribution in [0.4, 0.5) is 0 Å². The molecule has 9 heavy (non-hydrogen) atoms. The molecule has 0 aliphatic heterocycles. The molecule has 0 saturated carbocycles. The quantitative estimate of drug-likeness (QED) is 0.602. The number of hydrogen-bond acceptors (Lipinski definition) is 2. The van der Waals surface area contributed by atoms with Crippen LogP contribution in [0.3, 0.4) is 0 Å². The molecule has 3 nitrogen and oxygen atoms in total. The summed E-state index contributed by atoms with van der Waals surface area (Å²) in [5, 5.41) is 8.18. The van der Waals surface area contributed by atoms with E-state index in [1.807, 2.05) is 0 Å². The normalized spacial score (nSPS) is 8.00. The molecule has 4 heteroatoms. The maximum atomic E-state index is 9.97. The van der Waals surface area contributed by atoms with Crippen LogP contribution in [0.15, 0.2) is 22.8 Å². The van der Waals surface area contributed by atoms with E-state index in [2.05, 4.69) is 4.42 Å². The van der Waals surface area contributed by atoms with E-state index in [1.54, 1.807) is 0 Å². The number of hydrogen-bond donors (Lipinski definition) is 1. The molecule has 0 aliphatic rings. The van der Waals surface area contributed by atoms with Gasteiger partial charge in [-0.05, 0) is 12.1 Å². The van der Waals surface area contributed by atoms with Crippen molar-refractivity contribution in [2.45, 2.75) is 0 Å². The van der Waals surface area contributed by atoms with E-state index in [-0.39, 0.29) is 15.7 Å². The lowest BCUT2D eigenvalue weighted by atomic mass is 10.5. The number of carboxylic acid groups (broad SMARTS) is 1.